The summed E-state index contributed by atoms with van der Waals surface area (Å²) in [6, 6.07) is 8.12. The van der Waals surface area contributed by atoms with Crippen molar-refractivity contribution in [2.75, 3.05) is 0 Å². The molecular weight excluding hydrogens is 251 g/mol. The van der Waals surface area contributed by atoms with Crippen LogP contribution in [0.15, 0.2) is 36.5 Å². The molecule has 0 bridgehead atoms. The smallest absolute Gasteiger partial charge is 0.354 e. The Hall–Kier alpha value is -2.94. The molecule has 0 fully saturated rings. The van der Waals surface area contributed by atoms with Crippen molar-refractivity contribution in [3.05, 3.63) is 53.6 Å². The van der Waals surface area contributed by atoms with Crippen molar-refractivity contribution in [2.24, 2.45) is 0 Å². The van der Waals surface area contributed by atoms with E-state index < -0.39 is 11.8 Å². The van der Waals surface area contributed by atoms with E-state index in [0.717, 1.165) is 6.07 Å². The SMILES string of the molecule is N#Cc1ccc(Oc2ccnc(C(=O)O)c2)cc1F. The molecule has 0 amide bonds. The van der Waals surface area contributed by atoms with E-state index in [9.17, 15) is 9.18 Å². The Morgan fingerprint density at radius 2 is 2.05 bits per heavy atom. The Labute approximate surface area is 107 Å². The fourth-order valence-electron chi connectivity index (χ4n) is 1.38. The molecule has 0 atom stereocenters. The largest absolute Gasteiger partial charge is 0.477 e. The summed E-state index contributed by atoms with van der Waals surface area (Å²) in [5, 5.41) is 17.4. The van der Waals surface area contributed by atoms with Gasteiger partial charge in [-0.2, -0.15) is 5.26 Å². The molecule has 19 heavy (non-hydrogen) atoms. The Bertz CT molecular complexity index is 680. The lowest BCUT2D eigenvalue weighted by atomic mass is 10.2. The van der Waals surface area contributed by atoms with Crippen LogP contribution in [0.1, 0.15) is 16.1 Å². The fourth-order valence-corrected chi connectivity index (χ4v) is 1.38. The molecule has 0 radical (unpaired) electrons. The Morgan fingerprint density at radius 3 is 2.68 bits per heavy atom. The lowest BCUT2D eigenvalue weighted by Crippen LogP contribution is -1.99. The number of carbonyl (C=O) groups is 1. The zero-order valence-electron chi connectivity index (χ0n) is 9.50. The molecule has 1 aromatic carbocycles. The minimum Gasteiger partial charge on any atom is -0.477 e. The molecule has 1 aromatic heterocycles. The molecule has 1 heterocycles. The van der Waals surface area contributed by atoms with Crippen LogP contribution in [0, 0.1) is 17.1 Å². The number of nitriles is 1. The van der Waals surface area contributed by atoms with Crippen molar-refractivity contribution < 1.29 is 19.0 Å². The number of carboxylic acids is 1. The van der Waals surface area contributed by atoms with Crippen LogP contribution in [0.3, 0.4) is 0 Å². The second kappa shape index (κ2) is 5.14. The Kier molecular flexibility index (Phi) is 3.39. The van der Waals surface area contributed by atoms with Crippen molar-refractivity contribution in [3.8, 4) is 17.6 Å². The summed E-state index contributed by atoms with van der Waals surface area (Å²) in [6.45, 7) is 0. The number of benzene rings is 1. The van der Waals surface area contributed by atoms with Crippen molar-refractivity contribution in [3.63, 3.8) is 0 Å². The van der Waals surface area contributed by atoms with Gasteiger partial charge in [0.25, 0.3) is 0 Å². The van der Waals surface area contributed by atoms with Gasteiger partial charge in [0, 0.05) is 18.3 Å². The standard InChI is InChI=1S/C13H7FN2O3/c14-11-5-9(2-1-8(11)7-15)19-10-3-4-16-12(6-10)13(17)18/h1-6H,(H,17,18). The first-order valence-corrected chi connectivity index (χ1v) is 5.17. The van der Waals surface area contributed by atoms with Crippen molar-refractivity contribution in [2.45, 2.75) is 0 Å². The predicted molar refractivity (Wildman–Crippen MR) is 62.4 cm³/mol. The summed E-state index contributed by atoms with van der Waals surface area (Å²) in [7, 11) is 0. The number of carboxylic acid groups (broad SMARTS) is 1. The van der Waals surface area contributed by atoms with Crippen LogP contribution in [0.5, 0.6) is 11.5 Å². The summed E-state index contributed by atoms with van der Waals surface area (Å²) < 4.78 is 18.6. The first-order chi connectivity index (χ1) is 9.10. The number of ether oxygens (including phenoxy) is 1. The van der Waals surface area contributed by atoms with Crippen molar-refractivity contribution in [1.29, 1.82) is 5.26 Å². The molecule has 0 aliphatic heterocycles. The van der Waals surface area contributed by atoms with Crippen LogP contribution in [-0.2, 0) is 0 Å². The molecule has 0 saturated carbocycles. The Balaban J connectivity index is 2.26. The molecule has 5 nitrogen and oxygen atoms in total. The van der Waals surface area contributed by atoms with Crippen LogP contribution >= 0.6 is 0 Å². The number of aromatic carboxylic acids is 1. The molecule has 0 unspecified atom stereocenters. The second-order valence-corrected chi connectivity index (χ2v) is 3.54. The highest BCUT2D eigenvalue weighted by molar-refractivity contribution is 5.85. The molecule has 6 heteroatoms. The van der Waals surface area contributed by atoms with E-state index in [1.165, 1.54) is 30.5 Å². The zero-order chi connectivity index (χ0) is 13.8. The maximum atomic E-state index is 13.4. The minimum absolute atomic E-state index is 0.0895. The van der Waals surface area contributed by atoms with E-state index in [1.807, 2.05) is 0 Å². The molecule has 1 N–H and O–H groups in total. The average Bonchev–Trinajstić information content (AvgIpc) is 2.39. The minimum atomic E-state index is -1.18. The van der Waals surface area contributed by atoms with E-state index in [2.05, 4.69) is 4.98 Å². The van der Waals surface area contributed by atoms with E-state index in [-0.39, 0.29) is 22.8 Å². The summed E-state index contributed by atoms with van der Waals surface area (Å²) in [6.07, 6.45) is 1.28. The maximum absolute atomic E-state index is 13.4. The van der Waals surface area contributed by atoms with Gasteiger partial charge in [-0.15, -0.1) is 0 Å². The van der Waals surface area contributed by atoms with Gasteiger partial charge < -0.3 is 9.84 Å². The van der Waals surface area contributed by atoms with Crippen LogP contribution in [0.4, 0.5) is 4.39 Å². The summed E-state index contributed by atoms with van der Waals surface area (Å²) >= 11 is 0. The number of nitrogens with zero attached hydrogens (tertiary/aromatic N) is 2. The van der Waals surface area contributed by atoms with E-state index in [0.29, 0.717) is 0 Å². The molecule has 0 spiro atoms. The Morgan fingerprint density at radius 1 is 1.32 bits per heavy atom. The lowest BCUT2D eigenvalue weighted by molar-refractivity contribution is 0.0690. The first-order valence-electron chi connectivity index (χ1n) is 5.17. The van der Waals surface area contributed by atoms with Gasteiger partial charge in [0.15, 0.2) is 5.69 Å². The third-order valence-electron chi connectivity index (χ3n) is 2.25. The van der Waals surface area contributed by atoms with Crippen LogP contribution in [0.2, 0.25) is 0 Å². The number of halogens is 1. The van der Waals surface area contributed by atoms with Gasteiger partial charge in [-0.05, 0) is 18.2 Å². The molecular formula is C13H7FN2O3. The quantitative estimate of drug-likeness (QED) is 0.914. The fraction of sp³-hybridized carbons (Fsp3) is 0. The number of hydrogen-bond acceptors (Lipinski definition) is 4. The number of aromatic nitrogens is 1. The molecule has 0 aliphatic carbocycles. The molecule has 0 aliphatic rings. The van der Waals surface area contributed by atoms with Crippen LogP contribution < -0.4 is 4.74 Å². The predicted octanol–water partition coefficient (Wildman–Crippen LogP) is 2.58. The highest BCUT2D eigenvalue weighted by Crippen LogP contribution is 2.23. The third-order valence-corrected chi connectivity index (χ3v) is 2.25. The average molecular weight is 258 g/mol. The third kappa shape index (κ3) is 2.84. The summed E-state index contributed by atoms with van der Waals surface area (Å²) in [4.78, 5) is 14.4. The maximum Gasteiger partial charge on any atom is 0.354 e. The summed E-state index contributed by atoms with van der Waals surface area (Å²) in [5.74, 6) is -1.50. The normalized spacial score (nSPS) is 9.68. The van der Waals surface area contributed by atoms with E-state index >= 15 is 0 Å². The second-order valence-electron chi connectivity index (χ2n) is 3.54. The van der Waals surface area contributed by atoms with Gasteiger partial charge in [0.1, 0.15) is 23.4 Å². The topological polar surface area (TPSA) is 83.2 Å². The lowest BCUT2D eigenvalue weighted by Gasteiger charge is -2.06. The number of pyridine rings is 1. The number of rotatable bonds is 3. The molecule has 2 rings (SSSR count). The highest BCUT2D eigenvalue weighted by Gasteiger charge is 2.08. The molecule has 2 aromatic rings. The molecule has 94 valence electrons. The van der Waals surface area contributed by atoms with Crippen LogP contribution in [0.25, 0.3) is 0 Å². The van der Waals surface area contributed by atoms with Crippen LogP contribution in [-0.4, -0.2) is 16.1 Å². The van der Waals surface area contributed by atoms with E-state index in [4.69, 9.17) is 15.1 Å². The van der Waals surface area contributed by atoms with Gasteiger partial charge in [-0.1, -0.05) is 0 Å². The zero-order valence-corrected chi connectivity index (χ0v) is 9.50. The molecule has 0 saturated heterocycles. The van der Waals surface area contributed by atoms with Crippen molar-refractivity contribution in [1.82, 2.24) is 4.98 Å². The number of hydrogen-bond donors (Lipinski definition) is 1. The van der Waals surface area contributed by atoms with Gasteiger partial charge in [0.05, 0.1) is 5.56 Å². The van der Waals surface area contributed by atoms with Crippen molar-refractivity contribution >= 4 is 5.97 Å². The van der Waals surface area contributed by atoms with Gasteiger partial charge in [-0.25, -0.2) is 14.2 Å². The van der Waals surface area contributed by atoms with Gasteiger partial charge >= 0.3 is 5.97 Å². The monoisotopic (exact) mass is 258 g/mol. The van der Waals surface area contributed by atoms with Gasteiger partial charge in [-0.3, -0.25) is 0 Å². The highest BCUT2D eigenvalue weighted by atomic mass is 19.1. The van der Waals surface area contributed by atoms with Gasteiger partial charge in [0.2, 0.25) is 0 Å². The first kappa shape index (κ1) is 12.5. The van der Waals surface area contributed by atoms with E-state index in [1.54, 1.807) is 6.07 Å². The summed E-state index contributed by atoms with van der Waals surface area (Å²) in [5.41, 5.74) is -0.264.